The summed E-state index contributed by atoms with van der Waals surface area (Å²) in [4.78, 5) is 15.4. The van der Waals surface area contributed by atoms with Crippen LogP contribution < -0.4 is 5.32 Å². The van der Waals surface area contributed by atoms with Crippen LogP contribution in [0.25, 0.3) is 11.3 Å². The Morgan fingerprint density at radius 2 is 1.88 bits per heavy atom. The number of aryl methyl sites for hydroxylation is 1. The molecule has 0 bridgehead atoms. The molecule has 1 saturated carbocycles. The Morgan fingerprint density at radius 3 is 2.52 bits per heavy atom. The van der Waals surface area contributed by atoms with Crippen LogP contribution >= 0.6 is 24.0 Å². The summed E-state index contributed by atoms with van der Waals surface area (Å²) in [5.41, 5.74) is 2.25. The summed E-state index contributed by atoms with van der Waals surface area (Å²) >= 11 is 6.32. The van der Waals surface area contributed by atoms with E-state index in [-0.39, 0.29) is 35.7 Å². The van der Waals surface area contributed by atoms with Crippen molar-refractivity contribution < 1.29 is 13.7 Å². The van der Waals surface area contributed by atoms with E-state index in [1.165, 1.54) is 6.07 Å². The third-order valence-electron chi connectivity index (χ3n) is 6.58. The number of carbonyl (C=O) groups excluding carboxylic acids is 1. The van der Waals surface area contributed by atoms with Gasteiger partial charge in [-0.05, 0) is 70.5 Å². The highest BCUT2D eigenvalue weighted by Crippen LogP contribution is 2.41. The lowest BCUT2D eigenvalue weighted by Crippen LogP contribution is -2.48. The van der Waals surface area contributed by atoms with Crippen molar-refractivity contribution in [2.75, 3.05) is 14.1 Å². The standard InChI is InChI=1S/C25H27ClFN3O2.ClH/c1-16-22(23(29-32-16)20-9-4-5-10-21(20)26)24(31)28-19-11-13-25(14-12-19,30(2)3)17-7-6-8-18(27)15-17;/h4-10,15,19H,11-14H2,1-3H3,(H,28,31);1H. The molecule has 3 aromatic rings. The molecule has 0 aliphatic heterocycles. The molecular weight excluding hydrogens is 464 g/mol. The first-order chi connectivity index (χ1) is 15.3. The maximum atomic E-state index is 13.9. The SMILES string of the molecule is Cc1onc(-c2ccccc2Cl)c1C(=O)NC1CCC(c2cccc(F)c2)(N(C)C)CC1.Cl. The number of hydrogen-bond donors (Lipinski definition) is 1. The molecule has 176 valence electrons. The molecule has 33 heavy (non-hydrogen) atoms. The summed E-state index contributed by atoms with van der Waals surface area (Å²) in [5, 5.41) is 7.76. The molecule has 0 radical (unpaired) electrons. The third kappa shape index (κ3) is 4.93. The van der Waals surface area contributed by atoms with E-state index in [2.05, 4.69) is 15.4 Å². The Balaban J connectivity index is 0.00000306. The largest absolute Gasteiger partial charge is 0.360 e. The summed E-state index contributed by atoms with van der Waals surface area (Å²) in [5.74, 6) is 0.0107. The van der Waals surface area contributed by atoms with Crippen LogP contribution in [0.2, 0.25) is 5.02 Å². The number of halogens is 3. The zero-order valence-electron chi connectivity index (χ0n) is 18.9. The molecule has 1 fully saturated rings. The number of nitrogens with one attached hydrogen (secondary N) is 1. The molecule has 4 rings (SSSR count). The minimum Gasteiger partial charge on any atom is -0.360 e. The molecule has 0 spiro atoms. The van der Waals surface area contributed by atoms with E-state index in [1.807, 2.05) is 38.4 Å². The van der Waals surface area contributed by atoms with Crippen LogP contribution in [0.3, 0.4) is 0 Å². The second kappa shape index (κ2) is 10.2. The minimum absolute atomic E-state index is 0. The Kier molecular flexibility index (Phi) is 7.83. The van der Waals surface area contributed by atoms with E-state index in [4.69, 9.17) is 16.1 Å². The summed E-state index contributed by atoms with van der Waals surface area (Å²) in [6.07, 6.45) is 3.20. The topological polar surface area (TPSA) is 58.4 Å². The summed E-state index contributed by atoms with van der Waals surface area (Å²) in [7, 11) is 4.06. The van der Waals surface area contributed by atoms with Gasteiger partial charge < -0.3 is 9.84 Å². The average molecular weight is 492 g/mol. The van der Waals surface area contributed by atoms with Gasteiger partial charge in [-0.15, -0.1) is 12.4 Å². The number of benzene rings is 2. The minimum atomic E-state index is -0.251. The normalized spacial score (nSPS) is 20.4. The first kappa shape index (κ1) is 25.2. The zero-order valence-corrected chi connectivity index (χ0v) is 20.5. The monoisotopic (exact) mass is 491 g/mol. The Hall–Kier alpha value is -2.41. The van der Waals surface area contributed by atoms with Gasteiger partial charge >= 0.3 is 0 Å². The van der Waals surface area contributed by atoms with Gasteiger partial charge in [0.2, 0.25) is 0 Å². The van der Waals surface area contributed by atoms with Crippen molar-refractivity contribution in [3.63, 3.8) is 0 Å². The lowest BCUT2D eigenvalue weighted by molar-refractivity contribution is 0.0756. The van der Waals surface area contributed by atoms with Gasteiger partial charge in [-0.3, -0.25) is 9.69 Å². The fourth-order valence-corrected chi connectivity index (χ4v) is 4.97. The van der Waals surface area contributed by atoms with Crippen LogP contribution in [-0.2, 0) is 5.54 Å². The van der Waals surface area contributed by atoms with Gasteiger partial charge in [-0.2, -0.15) is 0 Å². The molecule has 1 N–H and O–H groups in total. The van der Waals surface area contributed by atoms with Crippen molar-refractivity contribution in [2.45, 2.75) is 44.2 Å². The fraction of sp³-hybridized carbons (Fsp3) is 0.360. The smallest absolute Gasteiger partial charge is 0.257 e. The zero-order chi connectivity index (χ0) is 22.9. The number of rotatable bonds is 5. The van der Waals surface area contributed by atoms with Crippen molar-refractivity contribution in [1.29, 1.82) is 0 Å². The van der Waals surface area contributed by atoms with Crippen LogP contribution in [0.1, 0.15) is 47.4 Å². The van der Waals surface area contributed by atoms with Gasteiger partial charge in [0, 0.05) is 17.1 Å². The van der Waals surface area contributed by atoms with Crippen molar-refractivity contribution in [3.05, 3.63) is 76.3 Å². The highest BCUT2D eigenvalue weighted by Gasteiger charge is 2.39. The lowest BCUT2D eigenvalue weighted by atomic mass is 9.74. The number of hydrogen-bond acceptors (Lipinski definition) is 4. The van der Waals surface area contributed by atoms with Gasteiger partial charge in [-0.25, -0.2) is 4.39 Å². The van der Waals surface area contributed by atoms with Gasteiger partial charge in [0.1, 0.15) is 22.8 Å². The molecule has 1 aromatic heterocycles. The van der Waals surface area contributed by atoms with E-state index < -0.39 is 0 Å². The first-order valence-corrected chi connectivity index (χ1v) is 11.1. The van der Waals surface area contributed by atoms with Crippen molar-refractivity contribution in [1.82, 2.24) is 15.4 Å². The van der Waals surface area contributed by atoms with Crippen LogP contribution in [-0.4, -0.2) is 36.1 Å². The van der Waals surface area contributed by atoms with Crippen molar-refractivity contribution >= 4 is 29.9 Å². The fourth-order valence-electron chi connectivity index (χ4n) is 4.75. The van der Waals surface area contributed by atoms with Crippen LogP contribution in [0.15, 0.2) is 53.1 Å². The predicted molar refractivity (Wildman–Crippen MR) is 130 cm³/mol. The first-order valence-electron chi connectivity index (χ1n) is 10.8. The van der Waals surface area contributed by atoms with E-state index in [9.17, 15) is 9.18 Å². The second-order valence-electron chi connectivity index (χ2n) is 8.63. The number of carbonyl (C=O) groups is 1. The molecule has 1 amide bonds. The maximum absolute atomic E-state index is 13.9. The van der Waals surface area contributed by atoms with Gasteiger partial charge in [0.15, 0.2) is 0 Å². The van der Waals surface area contributed by atoms with Crippen LogP contribution in [0.5, 0.6) is 0 Å². The summed E-state index contributed by atoms with van der Waals surface area (Å²) in [6, 6.07) is 14.1. The highest BCUT2D eigenvalue weighted by molar-refractivity contribution is 6.33. The predicted octanol–water partition coefficient (Wildman–Crippen LogP) is 5.99. The Bertz CT molecular complexity index is 1120. The highest BCUT2D eigenvalue weighted by atomic mass is 35.5. The number of aromatic nitrogens is 1. The van der Waals surface area contributed by atoms with E-state index in [0.29, 0.717) is 27.6 Å². The number of amides is 1. The summed E-state index contributed by atoms with van der Waals surface area (Å²) < 4.78 is 19.2. The third-order valence-corrected chi connectivity index (χ3v) is 6.91. The summed E-state index contributed by atoms with van der Waals surface area (Å²) in [6.45, 7) is 1.73. The molecule has 1 heterocycles. The maximum Gasteiger partial charge on any atom is 0.257 e. The Labute approximate surface area is 204 Å². The van der Waals surface area contributed by atoms with Gasteiger partial charge in [0.05, 0.1) is 5.02 Å². The molecule has 0 atom stereocenters. The molecule has 1 aliphatic carbocycles. The average Bonchev–Trinajstić information content (AvgIpc) is 3.16. The molecule has 0 unspecified atom stereocenters. The lowest BCUT2D eigenvalue weighted by Gasteiger charge is -2.45. The molecule has 0 saturated heterocycles. The van der Waals surface area contributed by atoms with E-state index in [1.54, 1.807) is 25.1 Å². The number of nitrogens with zero attached hydrogens (tertiary/aromatic N) is 2. The van der Waals surface area contributed by atoms with Crippen LogP contribution in [0.4, 0.5) is 4.39 Å². The molecule has 1 aliphatic rings. The van der Waals surface area contributed by atoms with Gasteiger partial charge in [0.25, 0.3) is 5.91 Å². The quantitative estimate of drug-likeness (QED) is 0.475. The molecule has 8 heteroatoms. The van der Waals surface area contributed by atoms with Crippen molar-refractivity contribution in [3.8, 4) is 11.3 Å². The Morgan fingerprint density at radius 1 is 1.18 bits per heavy atom. The molecular formula is C25H28Cl2FN3O2. The molecule has 5 nitrogen and oxygen atoms in total. The van der Waals surface area contributed by atoms with E-state index in [0.717, 1.165) is 31.2 Å². The van der Waals surface area contributed by atoms with E-state index >= 15 is 0 Å². The second-order valence-corrected chi connectivity index (χ2v) is 9.03. The van der Waals surface area contributed by atoms with Crippen molar-refractivity contribution in [2.24, 2.45) is 0 Å². The van der Waals surface area contributed by atoms with Gasteiger partial charge in [-0.1, -0.05) is 47.1 Å². The van der Waals surface area contributed by atoms with Crippen LogP contribution in [0, 0.1) is 12.7 Å². The molecule has 2 aromatic carbocycles.